The predicted molar refractivity (Wildman–Crippen MR) is 69.0 cm³/mol. The Bertz CT molecular complexity index is 629. The van der Waals surface area contributed by atoms with Gasteiger partial charge in [-0.2, -0.15) is 8.42 Å². The number of benzene rings is 1. The highest BCUT2D eigenvalue weighted by molar-refractivity contribution is 7.91. The fraction of sp³-hybridized carbons (Fsp3) is 0.455. The van der Waals surface area contributed by atoms with Crippen LogP contribution in [0, 0.1) is 13.8 Å². The summed E-state index contributed by atoms with van der Waals surface area (Å²) in [5.74, 6) is -0.839. The maximum atomic E-state index is 12.0. The normalized spacial score (nSPS) is 12.6. The molecule has 0 aliphatic rings. The van der Waals surface area contributed by atoms with Crippen LogP contribution in [0.5, 0.6) is 0 Å². The molecule has 0 amide bonds. The van der Waals surface area contributed by atoms with Crippen molar-refractivity contribution in [1.82, 2.24) is 0 Å². The molecule has 0 bridgehead atoms. The van der Waals surface area contributed by atoms with Crippen LogP contribution in [0.3, 0.4) is 0 Å². The van der Waals surface area contributed by atoms with E-state index in [0.29, 0.717) is 5.56 Å². The van der Waals surface area contributed by atoms with Crippen molar-refractivity contribution in [2.75, 3.05) is 11.5 Å². The molecule has 5 nitrogen and oxygen atoms in total. The molecule has 0 spiro atoms. The quantitative estimate of drug-likeness (QED) is 0.828. The van der Waals surface area contributed by atoms with Crippen molar-refractivity contribution in [2.24, 2.45) is 0 Å². The van der Waals surface area contributed by atoms with Crippen molar-refractivity contribution in [1.29, 1.82) is 0 Å². The predicted octanol–water partition coefficient (Wildman–Crippen LogP) is 1.36. The standard InChI is InChI=1S/C11H16O5S2/c1-9-4-5-10(2)11(8-9)17(12,13)6-3-7-18(14,15)16/h4-5,8H,3,6-7H2,1-2H3,(H,14,15,16). The average molecular weight is 292 g/mol. The van der Waals surface area contributed by atoms with E-state index in [9.17, 15) is 16.8 Å². The maximum absolute atomic E-state index is 12.0. The molecule has 0 unspecified atom stereocenters. The molecule has 1 aromatic rings. The van der Waals surface area contributed by atoms with Gasteiger partial charge in [-0.1, -0.05) is 12.1 Å². The topological polar surface area (TPSA) is 88.5 Å². The van der Waals surface area contributed by atoms with Crippen LogP contribution < -0.4 is 0 Å². The minimum absolute atomic E-state index is 0.117. The van der Waals surface area contributed by atoms with Gasteiger partial charge in [0.2, 0.25) is 0 Å². The third kappa shape index (κ3) is 4.40. The van der Waals surface area contributed by atoms with Crippen molar-refractivity contribution >= 4 is 20.0 Å². The molecule has 0 heterocycles. The molecule has 1 aromatic carbocycles. The van der Waals surface area contributed by atoms with E-state index >= 15 is 0 Å². The van der Waals surface area contributed by atoms with Gasteiger partial charge in [0.1, 0.15) is 0 Å². The highest BCUT2D eigenvalue weighted by Crippen LogP contribution is 2.18. The van der Waals surface area contributed by atoms with Crippen LogP contribution in [0.15, 0.2) is 23.1 Å². The van der Waals surface area contributed by atoms with E-state index in [-0.39, 0.29) is 17.1 Å². The SMILES string of the molecule is Cc1ccc(C)c(S(=O)(=O)CCCS(=O)(=O)O)c1. The summed E-state index contributed by atoms with van der Waals surface area (Å²) in [6.45, 7) is 3.48. The smallest absolute Gasteiger partial charge is 0.264 e. The van der Waals surface area contributed by atoms with Crippen LogP contribution in [0.4, 0.5) is 0 Å². The second-order valence-electron chi connectivity index (χ2n) is 4.23. The maximum Gasteiger partial charge on any atom is 0.264 e. The van der Waals surface area contributed by atoms with Gasteiger partial charge in [0.15, 0.2) is 9.84 Å². The van der Waals surface area contributed by atoms with E-state index in [1.54, 1.807) is 26.0 Å². The molecule has 0 aromatic heterocycles. The second-order valence-corrected chi connectivity index (χ2v) is 7.88. The van der Waals surface area contributed by atoms with Gasteiger partial charge in [-0.15, -0.1) is 0 Å². The van der Waals surface area contributed by atoms with E-state index < -0.39 is 25.7 Å². The Morgan fingerprint density at radius 2 is 1.67 bits per heavy atom. The van der Waals surface area contributed by atoms with Crippen molar-refractivity contribution in [2.45, 2.75) is 25.2 Å². The van der Waals surface area contributed by atoms with Gasteiger partial charge in [0.25, 0.3) is 10.1 Å². The largest absolute Gasteiger partial charge is 0.286 e. The van der Waals surface area contributed by atoms with Gasteiger partial charge in [-0.05, 0) is 37.5 Å². The molecule has 102 valence electrons. The van der Waals surface area contributed by atoms with Crippen LogP contribution in [0.1, 0.15) is 17.5 Å². The molecule has 0 atom stereocenters. The lowest BCUT2D eigenvalue weighted by Gasteiger charge is -2.08. The molecule has 0 saturated carbocycles. The van der Waals surface area contributed by atoms with Crippen LogP contribution >= 0.6 is 0 Å². The lowest BCUT2D eigenvalue weighted by molar-refractivity contribution is 0.482. The molecule has 18 heavy (non-hydrogen) atoms. The zero-order valence-corrected chi connectivity index (χ0v) is 11.9. The first kappa shape index (κ1) is 15.1. The zero-order valence-electron chi connectivity index (χ0n) is 10.3. The fourth-order valence-electron chi connectivity index (χ4n) is 1.58. The summed E-state index contributed by atoms with van der Waals surface area (Å²) in [4.78, 5) is 0.220. The van der Waals surface area contributed by atoms with Crippen molar-refractivity contribution in [3.63, 3.8) is 0 Å². The van der Waals surface area contributed by atoms with Crippen molar-refractivity contribution < 1.29 is 21.4 Å². The van der Waals surface area contributed by atoms with Gasteiger partial charge in [0.05, 0.1) is 16.4 Å². The molecule has 7 heteroatoms. The Hall–Kier alpha value is -0.920. The Labute approximate surface area is 108 Å². The number of hydrogen-bond donors (Lipinski definition) is 1. The highest BCUT2D eigenvalue weighted by atomic mass is 32.2. The number of sulfone groups is 1. The average Bonchev–Trinajstić information content (AvgIpc) is 2.19. The van der Waals surface area contributed by atoms with Gasteiger partial charge in [-0.3, -0.25) is 4.55 Å². The summed E-state index contributed by atoms with van der Waals surface area (Å²) in [7, 11) is -7.62. The first-order chi connectivity index (χ1) is 8.12. The zero-order chi connectivity index (χ0) is 14.0. The minimum Gasteiger partial charge on any atom is -0.286 e. The first-order valence-corrected chi connectivity index (χ1v) is 8.63. The molecule has 0 aliphatic carbocycles. The van der Waals surface area contributed by atoms with E-state index in [1.807, 2.05) is 6.07 Å². The summed E-state index contributed by atoms with van der Waals surface area (Å²) in [6, 6.07) is 5.09. The van der Waals surface area contributed by atoms with Crippen LogP contribution in [0.2, 0.25) is 0 Å². The van der Waals surface area contributed by atoms with Gasteiger partial charge in [-0.25, -0.2) is 8.42 Å². The molecular formula is C11H16O5S2. The second kappa shape index (κ2) is 5.38. The third-order valence-corrected chi connectivity index (χ3v) is 5.23. The van der Waals surface area contributed by atoms with Gasteiger partial charge in [0, 0.05) is 0 Å². The first-order valence-electron chi connectivity index (χ1n) is 5.37. The monoisotopic (exact) mass is 292 g/mol. The highest BCUT2D eigenvalue weighted by Gasteiger charge is 2.18. The van der Waals surface area contributed by atoms with Crippen molar-refractivity contribution in [3.8, 4) is 0 Å². The molecule has 0 fully saturated rings. The Kier molecular flexibility index (Phi) is 4.52. The summed E-state index contributed by atoms with van der Waals surface area (Å²) in [6.07, 6.45) is -0.117. The number of hydrogen-bond acceptors (Lipinski definition) is 4. The molecule has 1 N–H and O–H groups in total. The lowest BCUT2D eigenvalue weighted by atomic mass is 10.2. The van der Waals surface area contributed by atoms with E-state index in [2.05, 4.69) is 0 Å². The molecule has 0 aliphatic heterocycles. The molecule has 1 rings (SSSR count). The van der Waals surface area contributed by atoms with Crippen LogP contribution in [-0.4, -0.2) is 32.9 Å². The fourth-order valence-corrected chi connectivity index (χ4v) is 3.94. The molecule has 0 radical (unpaired) electrons. The summed E-state index contributed by atoms with van der Waals surface area (Å²) < 4.78 is 53.7. The van der Waals surface area contributed by atoms with Crippen LogP contribution in [-0.2, 0) is 20.0 Å². The lowest BCUT2D eigenvalue weighted by Crippen LogP contribution is -2.13. The third-order valence-electron chi connectivity index (χ3n) is 2.49. The molecule has 0 saturated heterocycles. The number of rotatable bonds is 5. The Morgan fingerprint density at radius 1 is 1.06 bits per heavy atom. The Morgan fingerprint density at radius 3 is 2.22 bits per heavy atom. The van der Waals surface area contributed by atoms with Gasteiger partial charge >= 0.3 is 0 Å². The van der Waals surface area contributed by atoms with Crippen LogP contribution in [0.25, 0.3) is 0 Å². The Balaban J connectivity index is 2.90. The van der Waals surface area contributed by atoms with Crippen molar-refractivity contribution in [3.05, 3.63) is 29.3 Å². The minimum atomic E-state index is -4.11. The van der Waals surface area contributed by atoms with Gasteiger partial charge < -0.3 is 0 Å². The molecular weight excluding hydrogens is 276 g/mol. The number of aryl methyl sites for hydroxylation is 2. The van der Waals surface area contributed by atoms with E-state index in [0.717, 1.165) is 5.56 Å². The summed E-state index contributed by atoms with van der Waals surface area (Å²) in [5.41, 5.74) is 1.46. The summed E-state index contributed by atoms with van der Waals surface area (Å²) >= 11 is 0. The van der Waals surface area contributed by atoms with E-state index in [1.165, 1.54) is 0 Å². The van der Waals surface area contributed by atoms with E-state index in [4.69, 9.17) is 4.55 Å². The summed E-state index contributed by atoms with van der Waals surface area (Å²) in [5, 5.41) is 0.